The molecule has 0 fully saturated rings. The van der Waals surface area contributed by atoms with Gasteiger partial charge in [-0.05, 0) is 55.1 Å². The Bertz CT molecular complexity index is 892. The standard InChI is InChI=1S/C22H25N3OS/c23-22(27)25-18-10-7-11-19(16-18)26-15-5-1-4-14-24-21-13-6-9-17-8-2-3-12-20(17)21/h2-3,6-13,16,24H,1,4-5,14-15H2,(H3,23,25,27). The van der Waals surface area contributed by atoms with Crippen molar-refractivity contribution in [2.24, 2.45) is 5.73 Å². The van der Waals surface area contributed by atoms with Gasteiger partial charge in [0.2, 0.25) is 0 Å². The fourth-order valence-corrected chi connectivity index (χ4v) is 3.12. The molecule has 0 aliphatic heterocycles. The predicted molar refractivity (Wildman–Crippen MR) is 119 cm³/mol. The molecule has 3 aromatic rings. The van der Waals surface area contributed by atoms with Crippen molar-refractivity contribution in [2.75, 3.05) is 23.8 Å². The van der Waals surface area contributed by atoms with E-state index in [1.807, 2.05) is 24.3 Å². The first-order valence-electron chi connectivity index (χ1n) is 9.23. The number of anilines is 2. The van der Waals surface area contributed by atoms with Crippen molar-refractivity contribution in [1.29, 1.82) is 0 Å². The van der Waals surface area contributed by atoms with Gasteiger partial charge in [-0.25, -0.2) is 0 Å². The zero-order chi connectivity index (χ0) is 18.9. The maximum absolute atomic E-state index is 5.81. The van der Waals surface area contributed by atoms with E-state index < -0.39 is 0 Å². The summed E-state index contributed by atoms with van der Waals surface area (Å²) in [5.41, 5.74) is 7.54. The highest BCUT2D eigenvalue weighted by Crippen LogP contribution is 2.23. The number of benzene rings is 3. The second-order valence-corrected chi connectivity index (χ2v) is 6.82. The lowest BCUT2D eigenvalue weighted by Crippen LogP contribution is -2.18. The number of nitrogens with one attached hydrogen (secondary N) is 2. The van der Waals surface area contributed by atoms with Gasteiger partial charge in [0.1, 0.15) is 5.75 Å². The molecule has 4 nitrogen and oxygen atoms in total. The fraction of sp³-hybridized carbons (Fsp3) is 0.227. The Morgan fingerprint density at radius 3 is 2.63 bits per heavy atom. The van der Waals surface area contributed by atoms with Crippen molar-refractivity contribution < 1.29 is 4.74 Å². The number of nitrogens with two attached hydrogens (primary N) is 1. The van der Waals surface area contributed by atoms with Gasteiger partial charge in [-0.2, -0.15) is 0 Å². The summed E-state index contributed by atoms with van der Waals surface area (Å²) in [4.78, 5) is 0. The van der Waals surface area contributed by atoms with Crippen LogP contribution in [0.4, 0.5) is 11.4 Å². The molecule has 0 heterocycles. The third kappa shape index (κ3) is 5.86. The Hall–Kier alpha value is -2.79. The zero-order valence-electron chi connectivity index (χ0n) is 15.3. The van der Waals surface area contributed by atoms with E-state index in [9.17, 15) is 0 Å². The topological polar surface area (TPSA) is 59.3 Å². The summed E-state index contributed by atoms with van der Waals surface area (Å²) in [5, 5.41) is 9.26. The summed E-state index contributed by atoms with van der Waals surface area (Å²) < 4.78 is 5.81. The SMILES string of the molecule is NC(=S)Nc1cccc(OCCCCCNc2cccc3ccccc23)c1. The Labute approximate surface area is 165 Å². The fourth-order valence-electron chi connectivity index (χ4n) is 3.00. The van der Waals surface area contributed by atoms with Crippen LogP contribution in [0.3, 0.4) is 0 Å². The van der Waals surface area contributed by atoms with Crippen LogP contribution in [-0.4, -0.2) is 18.3 Å². The summed E-state index contributed by atoms with van der Waals surface area (Å²) >= 11 is 4.85. The van der Waals surface area contributed by atoms with Crippen LogP contribution in [0.25, 0.3) is 10.8 Å². The van der Waals surface area contributed by atoms with Crippen molar-refractivity contribution in [3.8, 4) is 5.75 Å². The van der Waals surface area contributed by atoms with Crippen LogP contribution < -0.4 is 21.1 Å². The number of ether oxygens (including phenoxy) is 1. The molecular weight excluding hydrogens is 354 g/mol. The van der Waals surface area contributed by atoms with Gasteiger partial charge in [-0.1, -0.05) is 42.5 Å². The summed E-state index contributed by atoms with van der Waals surface area (Å²) in [6.45, 7) is 1.66. The maximum Gasteiger partial charge on any atom is 0.168 e. The molecule has 0 bridgehead atoms. The highest BCUT2D eigenvalue weighted by Gasteiger charge is 2.00. The molecule has 0 saturated carbocycles. The van der Waals surface area contributed by atoms with Gasteiger partial charge in [-0.3, -0.25) is 0 Å². The third-order valence-corrected chi connectivity index (χ3v) is 4.40. The highest BCUT2D eigenvalue weighted by molar-refractivity contribution is 7.80. The van der Waals surface area contributed by atoms with E-state index in [2.05, 4.69) is 53.1 Å². The van der Waals surface area contributed by atoms with Crippen molar-refractivity contribution >= 4 is 39.5 Å². The van der Waals surface area contributed by atoms with Gasteiger partial charge in [0, 0.05) is 29.4 Å². The first kappa shape index (κ1) is 19.0. The summed E-state index contributed by atoms with van der Waals surface area (Å²) in [5.74, 6) is 0.824. The van der Waals surface area contributed by atoms with Crippen molar-refractivity contribution in [3.05, 3.63) is 66.7 Å². The van der Waals surface area contributed by atoms with Gasteiger partial charge in [0.15, 0.2) is 5.11 Å². The average Bonchev–Trinajstić information content (AvgIpc) is 2.67. The molecule has 3 rings (SSSR count). The molecule has 4 N–H and O–H groups in total. The molecular formula is C22H25N3OS. The maximum atomic E-state index is 5.81. The smallest absolute Gasteiger partial charge is 0.168 e. The quantitative estimate of drug-likeness (QED) is 0.354. The number of hydrogen-bond donors (Lipinski definition) is 3. The van der Waals surface area contributed by atoms with Crippen LogP contribution in [0.5, 0.6) is 5.75 Å². The normalized spacial score (nSPS) is 10.5. The number of hydrogen-bond acceptors (Lipinski definition) is 3. The lowest BCUT2D eigenvalue weighted by Gasteiger charge is -2.10. The van der Waals surface area contributed by atoms with Gasteiger partial charge in [-0.15, -0.1) is 0 Å². The van der Waals surface area contributed by atoms with Crippen molar-refractivity contribution in [2.45, 2.75) is 19.3 Å². The highest BCUT2D eigenvalue weighted by atomic mass is 32.1. The minimum Gasteiger partial charge on any atom is -0.494 e. The van der Waals surface area contributed by atoms with Crippen LogP contribution in [0, 0.1) is 0 Å². The molecule has 0 amide bonds. The van der Waals surface area contributed by atoms with E-state index in [4.69, 9.17) is 22.7 Å². The summed E-state index contributed by atoms with van der Waals surface area (Å²) in [6, 6.07) is 22.5. The van der Waals surface area contributed by atoms with Gasteiger partial charge in [0.05, 0.1) is 6.61 Å². The van der Waals surface area contributed by atoms with E-state index in [1.165, 1.54) is 16.5 Å². The molecule has 0 spiro atoms. The average molecular weight is 380 g/mol. The molecule has 27 heavy (non-hydrogen) atoms. The van der Waals surface area contributed by atoms with Crippen molar-refractivity contribution in [3.63, 3.8) is 0 Å². The number of rotatable bonds is 9. The lowest BCUT2D eigenvalue weighted by molar-refractivity contribution is 0.306. The first-order chi connectivity index (χ1) is 13.2. The molecule has 0 saturated heterocycles. The van der Waals surface area contributed by atoms with Gasteiger partial charge < -0.3 is 21.1 Å². The molecule has 0 radical (unpaired) electrons. The minimum atomic E-state index is 0.255. The molecule has 140 valence electrons. The van der Waals surface area contributed by atoms with Crippen LogP contribution >= 0.6 is 12.2 Å². The Morgan fingerprint density at radius 1 is 0.926 bits per heavy atom. The number of thiocarbonyl (C=S) groups is 1. The molecule has 5 heteroatoms. The molecule has 0 unspecified atom stereocenters. The van der Waals surface area contributed by atoms with Gasteiger partial charge >= 0.3 is 0 Å². The lowest BCUT2D eigenvalue weighted by atomic mass is 10.1. The van der Waals surface area contributed by atoms with Crippen LogP contribution in [-0.2, 0) is 0 Å². The molecule has 0 atom stereocenters. The molecule has 0 aliphatic carbocycles. The van der Waals surface area contributed by atoms with Crippen LogP contribution in [0.2, 0.25) is 0 Å². The molecule has 3 aromatic carbocycles. The predicted octanol–water partition coefficient (Wildman–Crippen LogP) is 5.16. The monoisotopic (exact) mass is 379 g/mol. The second kappa shape index (κ2) is 9.78. The van der Waals surface area contributed by atoms with Crippen molar-refractivity contribution in [1.82, 2.24) is 0 Å². The number of fused-ring (bicyclic) bond motifs is 1. The molecule has 0 aromatic heterocycles. The Kier molecular flexibility index (Phi) is 6.88. The first-order valence-corrected chi connectivity index (χ1v) is 9.64. The Balaban J connectivity index is 1.36. The largest absolute Gasteiger partial charge is 0.494 e. The summed E-state index contributed by atoms with van der Waals surface area (Å²) in [7, 11) is 0. The Morgan fingerprint density at radius 2 is 1.74 bits per heavy atom. The van der Waals surface area contributed by atoms with E-state index >= 15 is 0 Å². The number of unbranched alkanes of at least 4 members (excludes halogenated alkanes) is 2. The van der Waals surface area contributed by atoms with E-state index in [0.717, 1.165) is 37.2 Å². The summed E-state index contributed by atoms with van der Waals surface area (Å²) in [6.07, 6.45) is 3.24. The van der Waals surface area contributed by atoms with Crippen LogP contribution in [0.15, 0.2) is 66.7 Å². The van der Waals surface area contributed by atoms with E-state index in [-0.39, 0.29) is 5.11 Å². The van der Waals surface area contributed by atoms with Gasteiger partial charge in [0.25, 0.3) is 0 Å². The zero-order valence-corrected chi connectivity index (χ0v) is 16.1. The van der Waals surface area contributed by atoms with E-state index in [0.29, 0.717) is 6.61 Å². The van der Waals surface area contributed by atoms with E-state index in [1.54, 1.807) is 0 Å². The second-order valence-electron chi connectivity index (χ2n) is 6.38. The minimum absolute atomic E-state index is 0.255. The molecule has 0 aliphatic rings. The third-order valence-electron chi connectivity index (χ3n) is 4.30. The van der Waals surface area contributed by atoms with Crippen LogP contribution in [0.1, 0.15) is 19.3 Å².